The largest absolute Gasteiger partial charge is 0.351 e. The van der Waals surface area contributed by atoms with Crippen molar-refractivity contribution in [3.63, 3.8) is 0 Å². The molecule has 2 aliphatic heterocycles. The third kappa shape index (κ3) is 3.38. The van der Waals surface area contributed by atoms with Crippen LogP contribution in [0.5, 0.6) is 0 Å². The molecule has 1 amide bonds. The van der Waals surface area contributed by atoms with Crippen LogP contribution in [-0.2, 0) is 11.2 Å². The van der Waals surface area contributed by atoms with E-state index in [2.05, 4.69) is 41.1 Å². The molecule has 0 bridgehead atoms. The Labute approximate surface area is 130 Å². The molecule has 0 aromatic heterocycles. The van der Waals surface area contributed by atoms with Gasteiger partial charge in [-0.3, -0.25) is 4.79 Å². The van der Waals surface area contributed by atoms with Crippen LogP contribution in [0.2, 0.25) is 0 Å². The standard InChI is InChI=1S/C17H20N2OS/c1-2-13-6-8-14(9-7-13)12-15-16(20)18-17(21-15)19-10-4-3-5-11-19/h6-9,12H,2-5,10-11H2,1H3/b15-12+. The van der Waals surface area contributed by atoms with Crippen LogP contribution >= 0.6 is 11.8 Å². The number of carbonyl (C=O) groups excluding carboxylic acids is 1. The summed E-state index contributed by atoms with van der Waals surface area (Å²) in [6, 6.07) is 8.36. The van der Waals surface area contributed by atoms with Crippen molar-refractivity contribution >= 4 is 28.9 Å². The van der Waals surface area contributed by atoms with E-state index in [9.17, 15) is 4.79 Å². The third-order valence-corrected chi connectivity index (χ3v) is 4.97. The van der Waals surface area contributed by atoms with E-state index in [1.54, 1.807) is 0 Å². The first kappa shape index (κ1) is 14.4. The summed E-state index contributed by atoms with van der Waals surface area (Å²) in [5, 5.41) is 0.885. The van der Waals surface area contributed by atoms with Crippen molar-refractivity contribution in [2.24, 2.45) is 4.99 Å². The van der Waals surface area contributed by atoms with Crippen LogP contribution in [0.3, 0.4) is 0 Å². The number of aryl methyl sites for hydroxylation is 1. The maximum absolute atomic E-state index is 12.1. The summed E-state index contributed by atoms with van der Waals surface area (Å²) in [4.78, 5) is 19.3. The highest BCUT2D eigenvalue weighted by atomic mass is 32.2. The average molecular weight is 300 g/mol. The SMILES string of the molecule is CCc1ccc(/C=C2/SC(N3CCCCC3)=NC2=O)cc1. The summed E-state index contributed by atoms with van der Waals surface area (Å²) in [5.74, 6) is -0.0971. The van der Waals surface area contributed by atoms with E-state index in [1.807, 2.05) is 6.08 Å². The Morgan fingerprint density at radius 2 is 1.90 bits per heavy atom. The molecular weight excluding hydrogens is 280 g/mol. The first-order chi connectivity index (χ1) is 10.3. The lowest BCUT2D eigenvalue weighted by atomic mass is 10.1. The second kappa shape index (κ2) is 6.48. The van der Waals surface area contributed by atoms with Gasteiger partial charge in [0.05, 0.1) is 4.91 Å². The molecular formula is C17H20N2OS. The molecule has 1 aromatic rings. The number of amides is 1. The maximum atomic E-state index is 12.1. The minimum atomic E-state index is -0.0971. The highest BCUT2D eigenvalue weighted by Gasteiger charge is 2.26. The molecule has 1 fully saturated rings. The van der Waals surface area contributed by atoms with Gasteiger partial charge in [-0.05, 0) is 54.6 Å². The van der Waals surface area contributed by atoms with E-state index in [4.69, 9.17) is 0 Å². The van der Waals surface area contributed by atoms with Gasteiger partial charge in [0.15, 0.2) is 5.17 Å². The minimum absolute atomic E-state index is 0.0971. The van der Waals surface area contributed by atoms with Crippen molar-refractivity contribution in [2.75, 3.05) is 13.1 Å². The highest BCUT2D eigenvalue weighted by Crippen LogP contribution is 2.31. The zero-order valence-corrected chi connectivity index (χ0v) is 13.2. The second-order valence-corrected chi connectivity index (χ2v) is 6.46. The van der Waals surface area contributed by atoms with Gasteiger partial charge in [-0.1, -0.05) is 31.2 Å². The molecule has 3 nitrogen and oxygen atoms in total. The van der Waals surface area contributed by atoms with Crippen LogP contribution in [0.15, 0.2) is 34.2 Å². The Balaban J connectivity index is 1.72. The zero-order valence-electron chi connectivity index (χ0n) is 12.3. The molecule has 110 valence electrons. The summed E-state index contributed by atoms with van der Waals surface area (Å²) in [6.45, 7) is 4.19. The van der Waals surface area contributed by atoms with Crippen LogP contribution in [0, 0.1) is 0 Å². The van der Waals surface area contributed by atoms with Crippen LogP contribution in [0.1, 0.15) is 37.3 Å². The summed E-state index contributed by atoms with van der Waals surface area (Å²) >= 11 is 1.52. The molecule has 4 heteroatoms. The van der Waals surface area contributed by atoms with Crippen molar-refractivity contribution in [3.05, 3.63) is 40.3 Å². The monoisotopic (exact) mass is 300 g/mol. The van der Waals surface area contributed by atoms with Gasteiger partial charge in [0, 0.05) is 13.1 Å². The lowest BCUT2D eigenvalue weighted by molar-refractivity contribution is -0.113. The predicted molar refractivity (Wildman–Crippen MR) is 89.3 cm³/mol. The number of likely N-dealkylation sites (tertiary alicyclic amines) is 1. The molecule has 0 spiro atoms. The molecule has 0 atom stereocenters. The van der Waals surface area contributed by atoms with E-state index in [0.717, 1.165) is 35.1 Å². The van der Waals surface area contributed by atoms with Gasteiger partial charge in [-0.2, -0.15) is 4.99 Å². The predicted octanol–water partition coefficient (Wildman–Crippen LogP) is 3.71. The minimum Gasteiger partial charge on any atom is -0.351 e. The number of nitrogens with zero attached hydrogens (tertiary/aromatic N) is 2. The number of carbonyl (C=O) groups is 1. The van der Waals surface area contributed by atoms with E-state index in [-0.39, 0.29) is 5.91 Å². The number of benzene rings is 1. The molecule has 0 saturated carbocycles. The van der Waals surface area contributed by atoms with Gasteiger partial charge in [-0.25, -0.2) is 0 Å². The molecule has 2 heterocycles. The average Bonchev–Trinajstić information content (AvgIpc) is 2.90. The Kier molecular flexibility index (Phi) is 4.44. The van der Waals surface area contributed by atoms with E-state index in [1.165, 1.54) is 36.6 Å². The van der Waals surface area contributed by atoms with Crippen LogP contribution in [0.4, 0.5) is 0 Å². The van der Waals surface area contributed by atoms with Crippen molar-refractivity contribution in [3.8, 4) is 0 Å². The first-order valence-corrected chi connectivity index (χ1v) is 8.44. The van der Waals surface area contributed by atoms with Gasteiger partial charge in [-0.15, -0.1) is 0 Å². The fraction of sp³-hybridized carbons (Fsp3) is 0.412. The van der Waals surface area contributed by atoms with Gasteiger partial charge in [0.1, 0.15) is 0 Å². The van der Waals surface area contributed by atoms with Gasteiger partial charge in [0.25, 0.3) is 5.91 Å². The Hall–Kier alpha value is -1.55. The van der Waals surface area contributed by atoms with E-state index in [0.29, 0.717) is 0 Å². The van der Waals surface area contributed by atoms with E-state index < -0.39 is 0 Å². The highest BCUT2D eigenvalue weighted by molar-refractivity contribution is 8.18. The Morgan fingerprint density at radius 1 is 1.19 bits per heavy atom. The van der Waals surface area contributed by atoms with Crippen molar-refractivity contribution < 1.29 is 4.79 Å². The van der Waals surface area contributed by atoms with Crippen molar-refractivity contribution in [2.45, 2.75) is 32.6 Å². The van der Waals surface area contributed by atoms with Crippen molar-refractivity contribution in [1.82, 2.24) is 4.90 Å². The third-order valence-electron chi connectivity index (χ3n) is 3.92. The molecule has 1 aromatic carbocycles. The number of thioether (sulfide) groups is 1. The maximum Gasteiger partial charge on any atom is 0.286 e. The number of hydrogen-bond acceptors (Lipinski definition) is 3. The lowest BCUT2D eigenvalue weighted by Gasteiger charge is -2.27. The van der Waals surface area contributed by atoms with Gasteiger partial charge >= 0.3 is 0 Å². The summed E-state index contributed by atoms with van der Waals surface area (Å²) in [7, 11) is 0. The first-order valence-electron chi connectivity index (χ1n) is 7.63. The molecule has 0 unspecified atom stereocenters. The Morgan fingerprint density at radius 3 is 2.57 bits per heavy atom. The molecule has 0 N–H and O–H groups in total. The van der Waals surface area contributed by atoms with Gasteiger partial charge in [0.2, 0.25) is 0 Å². The molecule has 1 saturated heterocycles. The molecule has 21 heavy (non-hydrogen) atoms. The molecule has 0 aliphatic carbocycles. The van der Waals surface area contributed by atoms with Gasteiger partial charge < -0.3 is 4.90 Å². The smallest absolute Gasteiger partial charge is 0.286 e. The normalized spacial score (nSPS) is 21.0. The number of amidine groups is 1. The van der Waals surface area contributed by atoms with Crippen LogP contribution in [-0.4, -0.2) is 29.1 Å². The molecule has 0 radical (unpaired) electrons. The topological polar surface area (TPSA) is 32.7 Å². The summed E-state index contributed by atoms with van der Waals surface area (Å²) in [5.41, 5.74) is 2.38. The number of aliphatic imine (C=N–C) groups is 1. The number of rotatable bonds is 2. The fourth-order valence-corrected chi connectivity index (χ4v) is 3.58. The summed E-state index contributed by atoms with van der Waals surface area (Å²) < 4.78 is 0. The number of hydrogen-bond donors (Lipinski definition) is 0. The van der Waals surface area contributed by atoms with Crippen molar-refractivity contribution in [1.29, 1.82) is 0 Å². The lowest BCUT2D eigenvalue weighted by Crippen LogP contribution is -2.33. The number of piperidine rings is 1. The van der Waals surface area contributed by atoms with E-state index >= 15 is 0 Å². The Bertz CT molecular complexity index is 583. The quantitative estimate of drug-likeness (QED) is 0.781. The zero-order chi connectivity index (χ0) is 14.7. The summed E-state index contributed by atoms with van der Waals surface area (Å²) in [6.07, 6.45) is 6.67. The second-order valence-electron chi connectivity index (χ2n) is 5.45. The molecule has 3 rings (SSSR count). The molecule has 2 aliphatic rings. The van der Waals surface area contributed by atoms with Crippen LogP contribution < -0.4 is 0 Å². The fourth-order valence-electron chi connectivity index (χ4n) is 2.62. The van der Waals surface area contributed by atoms with Crippen LogP contribution in [0.25, 0.3) is 6.08 Å².